The number of carbonyl (C=O) groups is 1. The van der Waals surface area contributed by atoms with Crippen molar-refractivity contribution in [2.24, 2.45) is 0 Å². The van der Waals surface area contributed by atoms with Crippen LogP contribution in [0.4, 0.5) is 8.78 Å². The molecule has 1 unspecified atom stereocenters. The Morgan fingerprint density at radius 3 is 2.77 bits per heavy atom. The van der Waals surface area contributed by atoms with Crippen molar-refractivity contribution in [2.75, 3.05) is 32.8 Å². The molecule has 0 saturated carbocycles. The number of morpholine rings is 1. The Morgan fingerprint density at radius 1 is 1.27 bits per heavy atom. The maximum atomic E-state index is 12.4. The van der Waals surface area contributed by atoms with Crippen molar-refractivity contribution in [3.05, 3.63) is 52.2 Å². The maximum Gasteiger partial charge on any atom is 0.387 e. The van der Waals surface area contributed by atoms with Gasteiger partial charge in [-0.05, 0) is 29.6 Å². The minimum atomic E-state index is -2.92. The summed E-state index contributed by atoms with van der Waals surface area (Å²) in [5.41, 5.74) is 0.287. The zero-order valence-corrected chi connectivity index (χ0v) is 14.9. The van der Waals surface area contributed by atoms with Crippen LogP contribution in [0.3, 0.4) is 0 Å². The lowest BCUT2D eigenvalue weighted by Crippen LogP contribution is -2.43. The molecule has 0 aliphatic carbocycles. The molecule has 1 saturated heterocycles. The highest BCUT2D eigenvalue weighted by Gasteiger charge is 2.24. The third kappa shape index (κ3) is 5.00. The number of alkyl halides is 2. The first-order chi connectivity index (χ1) is 12.6. The minimum absolute atomic E-state index is 0.0318. The van der Waals surface area contributed by atoms with E-state index in [0.717, 1.165) is 13.1 Å². The molecule has 1 fully saturated rings. The molecule has 0 bridgehead atoms. The van der Waals surface area contributed by atoms with Crippen LogP contribution in [0, 0.1) is 0 Å². The van der Waals surface area contributed by atoms with Crippen LogP contribution in [-0.2, 0) is 4.74 Å². The summed E-state index contributed by atoms with van der Waals surface area (Å²) in [6.45, 7) is 0.454. The number of rotatable bonds is 7. The van der Waals surface area contributed by atoms with Crippen molar-refractivity contribution in [3.8, 4) is 5.75 Å². The van der Waals surface area contributed by atoms with Gasteiger partial charge in [0.15, 0.2) is 0 Å². The monoisotopic (exact) mass is 382 g/mol. The summed E-state index contributed by atoms with van der Waals surface area (Å²) in [5, 5.41) is 4.92. The Hall–Kier alpha value is -2.03. The first kappa shape index (κ1) is 18.8. The van der Waals surface area contributed by atoms with Gasteiger partial charge in [-0.2, -0.15) is 8.78 Å². The summed E-state index contributed by atoms with van der Waals surface area (Å²) in [4.78, 5) is 15.9. The van der Waals surface area contributed by atoms with E-state index in [4.69, 9.17) is 4.74 Å². The number of carbonyl (C=O) groups excluding carboxylic acids is 1. The Morgan fingerprint density at radius 2 is 2.08 bits per heavy atom. The lowest BCUT2D eigenvalue weighted by Gasteiger charge is -2.34. The molecule has 26 heavy (non-hydrogen) atoms. The summed E-state index contributed by atoms with van der Waals surface area (Å²) in [5.74, 6) is -0.352. The number of benzene rings is 1. The van der Waals surface area contributed by atoms with Crippen LogP contribution in [0.25, 0.3) is 0 Å². The average molecular weight is 382 g/mol. The molecule has 5 nitrogen and oxygen atoms in total. The normalized spacial score (nSPS) is 16.4. The number of amides is 1. The van der Waals surface area contributed by atoms with Gasteiger partial charge >= 0.3 is 6.61 Å². The van der Waals surface area contributed by atoms with E-state index in [1.54, 1.807) is 17.4 Å². The van der Waals surface area contributed by atoms with Gasteiger partial charge in [0.25, 0.3) is 5.91 Å². The van der Waals surface area contributed by atoms with E-state index in [-0.39, 0.29) is 23.3 Å². The molecule has 1 atom stereocenters. The van der Waals surface area contributed by atoms with Gasteiger partial charge in [-0.3, -0.25) is 9.69 Å². The van der Waals surface area contributed by atoms with E-state index < -0.39 is 6.61 Å². The van der Waals surface area contributed by atoms with Gasteiger partial charge in [0.05, 0.1) is 19.3 Å². The van der Waals surface area contributed by atoms with Gasteiger partial charge in [0, 0.05) is 30.1 Å². The quantitative estimate of drug-likeness (QED) is 0.799. The van der Waals surface area contributed by atoms with Gasteiger partial charge in [-0.1, -0.05) is 12.1 Å². The minimum Gasteiger partial charge on any atom is -0.435 e. The molecular weight excluding hydrogens is 362 g/mol. The first-order valence-electron chi connectivity index (χ1n) is 8.32. The highest BCUT2D eigenvalue weighted by molar-refractivity contribution is 7.10. The number of hydrogen-bond acceptors (Lipinski definition) is 5. The van der Waals surface area contributed by atoms with E-state index in [0.29, 0.717) is 19.8 Å². The molecular formula is C18H20F2N2O3S. The Kier molecular flexibility index (Phi) is 6.54. The predicted octanol–water partition coefficient (Wildman–Crippen LogP) is 3.15. The molecule has 1 aliphatic heterocycles. The predicted molar refractivity (Wildman–Crippen MR) is 94.9 cm³/mol. The maximum absolute atomic E-state index is 12.4. The van der Waals surface area contributed by atoms with Gasteiger partial charge in [-0.25, -0.2) is 0 Å². The van der Waals surface area contributed by atoms with Crippen LogP contribution >= 0.6 is 11.3 Å². The van der Waals surface area contributed by atoms with Crippen LogP contribution in [0.5, 0.6) is 5.75 Å². The molecule has 1 amide bonds. The van der Waals surface area contributed by atoms with Crippen LogP contribution in [0.2, 0.25) is 0 Å². The zero-order valence-electron chi connectivity index (χ0n) is 14.1. The molecule has 2 heterocycles. The van der Waals surface area contributed by atoms with Crippen LogP contribution in [0.15, 0.2) is 41.8 Å². The van der Waals surface area contributed by atoms with Crippen molar-refractivity contribution in [2.45, 2.75) is 12.7 Å². The molecule has 1 N–H and O–H groups in total. The molecule has 3 rings (SSSR count). The fourth-order valence-electron chi connectivity index (χ4n) is 2.88. The molecule has 0 spiro atoms. The van der Waals surface area contributed by atoms with Gasteiger partial charge in [0.2, 0.25) is 0 Å². The van der Waals surface area contributed by atoms with Gasteiger partial charge in [-0.15, -0.1) is 11.3 Å². The van der Waals surface area contributed by atoms with Gasteiger partial charge < -0.3 is 14.8 Å². The van der Waals surface area contributed by atoms with E-state index >= 15 is 0 Å². The van der Waals surface area contributed by atoms with E-state index in [9.17, 15) is 13.6 Å². The summed E-state index contributed by atoms with van der Waals surface area (Å²) in [6.07, 6.45) is 0. The summed E-state index contributed by atoms with van der Waals surface area (Å²) in [7, 11) is 0. The number of ether oxygens (including phenoxy) is 2. The third-order valence-corrected chi connectivity index (χ3v) is 5.11. The fraction of sp³-hybridized carbons (Fsp3) is 0.389. The van der Waals surface area contributed by atoms with Gasteiger partial charge in [0.1, 0.15) is 5.75 Å². The lowest BCUT2D eigenvalue weighted by atomic mass is 10.1. The van der Waals surface area contributed by atoms with Crippen molar-refractivity contribution < 1.29 is 23.0 Å². The van der Waals surface area contributed by atoms with E-state index in [1.807, 2.05) is 17.5 Å². The molecule has 2 aromatic rings. The molecule has 1 aromatic carbocycles. The second-order valence-corrected chi connectivity index (χ2v) is 6.78. The Labute approximate surface area is 154 Å². The highest BCUT2D eigenvalue weighted by atomic mass is 32.1. The van der Waals surface area contributed by atoms with Crippen molar-refractivity contribution in [3.63, 3.8) is 0 Å². The van der Waals surface area contributed by atoms with Crippen LogP contribution < -0.4 is 10.1 Å². The highest BCUT2D eigenvalue weighted by Crippen LogP contribution is 2.25. The number of thiophene rings is 1. The standard InChI is InChI=1S/C18H20F2N2O3S/c19-18(20)25-14-4-1-3-13(11-14)17(23)21-12-15(16-5-2-10-26-16)22-6-8-24-9-7-22/h1-5,10-11,15,18H,6-9,12H2,(H,21,23). The van der Waals surface area contributed by atoms with Crippen molar-refractivity contribution in [1.82, 2.24) is 10.2 Å². The summed E-state index contributed by atoms with van der Waals surface area (Å²) >= 11 is 1.64. The van der Waals surface area contributed by atoms with E-state index in [2.05, 4.69) is 15.0 Å². The van der Waals surface area contributed by atoms with Crippen LogP contribution in [0.1, 0.15) is 21.3 Å². The number of nitrogens with one attached hydrogen (secondary N) is 1. The van der Waals surface area contributed by atoms with Crippen molar-refractivity contribution in [1.29, 1.82) is 0 Å². The fourth-order valence-corrected chi connectivity index (χ4v) is 3.75. The third-order valence-electron chi connectivity index (χ3n) is 4.14. The summed E-state index contributed by atoms with van der Waals surface area (Å²) in [6, 6.07) is 9.90. The molecule has 0 radical (unpaired) electrons. The van der Waals surface area contributed by atoms with E-state index in [1.165, 1.54) is 23.1 Å². The first-order valence-corrected chi connectivity index (χ1v) is 9.20. The SMILES string of the molecule is O=C(NCC(c1cccs1)N1CCOCC1)c1cccc(OC(F)F)c1. The molecule has 8 heteroatoms. The number of nitrogens with zero attached hydrogens (tertiary/aromatic N) is 1. The second kappa shape index (κ2) is 9.07. The number of hydrogen-bond donors (Lipinski definition) is 1. The van der Waals surface area contributed by atoms with Crippen molar-refractivity contribution >= 4 is 17.2 Å². The smallest absolute Gasteiger partial charge is 0.387 e. The Balaban J connectivity index is 1.65. The Bertz CT molecular complexity index is 706. The molecule has 140 valence electrons. The molecule has 1 aliphatic rings. The van der Waals surface area contributed by atoms with Crippen LogP contribution in [-0.4, -0.2) is 50.3 Å². The largest absolute Gasteiger partial charge is 0.435 e. The molecule has 1 aromatic heterocycles. The second-order valence-electron chi connectivity index (χ2n) is 5.80. The average Bonchev–Trinajstić information content (AvgIpc) is 3.17. The lowest BCUT2D eigenvalue weighted by molar-refractivity contribution is -0.0498. The zero-order chi connectivity index (χ0) is 18.4. The topological polar surface area (TPSA) is 50.8 Å². The number of halogens is 2. The summed E-state index contributed by atoms with van der Waals surface area (Å²) < 4.78 is 34.4.